The average molecular weight is 130 g/mol. The Morgan fingerprint density at radius 3 is 2.00 bits per heavy atom. The van der Waals surface area contributed by atoms with Crippen molar-refractivity contribution in [3.63, 3.8) is 0 Å². The summed E-state index contributed by atoms with van der Waals surface area (Å²) in [7, 11) is 0. The molecule has 0 rings (SSSR count). The lowest BCUT2D eigenvalue weighted by Gasteiger charge is -1.85. The summed E-state index contributed by atoms with van der Waals surface area (Å²) in [5.74, 6) is 0. The van der Waals surface area contributed by atoms with Crippen molar-refractivity contribution in [1.29, 1.82) is 0 Å². The fourth-order valence-electron chi connectivity index (χ4n) is 0.0345. The van der Waals surface area contributed by atoms with E-state index in [9.17, 15) is 8.78 Å². The van der Waals surface area contributed by atoms with Gasteiger partial charge in [-0.05, 0) is 11.6 Å². The van der Waals surface area contributed by atoms with Crippen molar-refractivity contribution < 1.29 is 18.9 Å². The topological polar surface area (TPSA) is 29.5 Å². The van der Waals surface area contributed by atoms with Crippen LogP contribution in [0.3, 0.4) is 0 Å². The summed E-state index contributed by atoms with van der Waals surface area (Å²) in [6, 6.07) is 0. The third kappa shape index (κ3) is 2.36. The molecular formula is C2HClF2O2. The smallest absolute Gasteiger partial charge is 0.322 e. The highest BCUT2D eigenvalue weighted by Crippen LogP contribution is 2.10. The molecule has 0 atom stereocenters. The van der Waals surface area contributed by atoms with Crippen LogP contribution in [0.1, 0.15) is 0 Å². The molecular weight excluding hydrogens is 129 g/mol. The van der Waals surface area contributed by atoms with Gasteiger partial charge in [0, 0.05) is 0 Å². The van der Waals surface area contributed by atoms with Crippen molar-refractivity contribution in [3.05, 3.63) is 11.3 Å². The van der Waals surface area contributed by atoms with Gasteiger partial charge in [-0.25, -0.2) is 5.26 Å². The first-order valence-electron chi connectivity index (χ1n) is 1.20. The monoisotopic (exact) mass is 130 g/mol. The first-order valence-corrected chi connectivity index (χ1v) is 1.58. The molecule has 5 heteroatoms. The van der Waals surface area contributed by atoms with Crippen molar-refractivity contribution in [2.75, 3.05) is 0 Å². The van der Waals surface area contributed by atoms with E-state index in [1.54, 1.807) is 0 Å². The van der Waals surface area contributed by atoms with Gasteiger partial charge in [0.15, 0.2) is 0 Å². The van der Waals surface area contributed by atoms with E-state index in [0.29, 0.717) is 0 Å². The van der Waals surface area contributed by atoms with Gasteiger partial charge in [0.05, 0.1) is 0 Å². The van der Waals surface area contributed by atoms with E-state index in [2.05, 4.69) is 16.5 Å². The van der Waals surface area contributed by atoms with Crippen LogP contribution in [-0.4, -0.2) is 5.26 Å². The second-order valence-corrected chi connectivity index (χ2v) is 0.969. The molecule has 0 aliphatic heterocycles. The Morgan fingerprint density at radius 2 is 2.00 bits per heavy atom. The van der Waals surface area contributed by atoms with E-state index in [4.69, 9.17) is 5.26 Å². The van der Waals surface area contributed by atoms with Gasteiger partial charge in [0.2, 0.25) is 0 Å². The molecule has 0 aliphatic rings. The van der Waals surface area contributed by atoms with Crippen LogP contribution >= 0.6 is 11.6 Å². The number of halogens is 3. The Hall–Kier alpha value is -0.350. The number of rotatable bonds is 1. The van der Waals surface area contributed by atoms with Crippen molar-refractivity contribution in [1.82, 2.24) is 0 Å². The first kappa shape index (κ1) is 6.65. The van der Waals surface area contributed by atoms with E-state index >= 15 is 0 Å². The third-order valence-corrected chi connectivity index (χ3v) is 0.441. The lowest BCUT2D eigenvalue weighted by atomic mass is 11.1. The van der Waals surface area contributed by atoms with Gasteiger partial charge in [0.1, 0.15) is 0 Å². The van der Waals surface area contributed by atoms with Gasteiger partial charge >= 0.3 is 6.08 Å². The van der Waals surface area contributed by atoms with Crippen molar-refractivity contribution in [2.24, 2.45) is 0 Å². The third-order valence-electron chi connectivity index (χ3n) is 0.229. The summed E-state index contributed by atoms with van der Waals surface area (Å²) in [4.78, 5) is 2.91. The SMILES string of the molecule is OOC(Cl)=C(F)F. The predicted molar refractivity (Wildman–Crippen MR) is 18.8 cm³/mol. The zero-order chi connectivity index (χ0) is 5.86. The Kier molecular flexibility index (Phi) is 2.62. The van der Waals surface area contributed by atoms with Crippen LogP contribution in [0.5, 0.6) is 0 Å². The minimum atomic E-state index is -2.25. The normalized spacial score (nSPS) is 8.00. The van der Waals surface area contributed by atoms with Crippen molar-refractivity contribution in [2.45, 2.75) is 0 Å². The summed E-state index contributed by atoms with van der Waals surface area (Å²) in [6.45, 7) is 0. The maximum absolute atomic E-state index is 10.9. The fourth-order valence-corrected chi connectivity index (χ4v) is 0.0345. The molecule has 42 valence electrons. The molecule has 1 N–H and O–H groups in total. The zero-order valence-electron chi connectivity index (χ0n) is 2.99. The highest BCUT2D eigenvalue weighted by molar-refractivity contribution is 6.28. The summed E-state index contributed by atoms with van der Waals surface area (Å²) in [5.41, 5.74) is 0. The summed E-state index contributed by atoms with van der Waals surface area (Å²) < 4.78 is 21.8. The molecule has 0 aromatic carbocycles. The standard InChI is InChI=1S/C2HClF2O2/c3-1(7-6)2(4)5/h6H. The Labute approximate surface area is 42.9 Å². The highest BCUT2D eigenvalue weighted by atomic mass is 35.5. The van der Waals surface area contributed by atoms with Crippen molar-refractivity contribution >= 4 is 11.6 Å². The zero-order valence-corrected chi connectivity index (χ0v) is 3.75. The van der Waals surface area contributed by atoms with Gasteiger partial charge < -0.3 is 4.89 Å². The summed E-state index contributed by atoms with van der Waals surface area (Å²) in [6.07, 6.45) is -2.25. The molecule has 0 saturated carbocycles. The van der Waals surface area contributed by atoms with E-state index in [-0.39, 0.29) is 0 Å². The molecule has 0 aromatic heterocycles. The number of hydrogen-bond donors (Lipinski definition) is 1. The first-order chi connectivity index (χ1) is 3.18. The van der Waals surface area contributed by atoms with Gasteiger partial charge in [0.25, 0.3) is 5.22 Å². The lowest BCUT2D eigenvalue weighted by molar-refractivity contribution is -0.196. The lowest BCUT2D eigenvalue weighted by Crippen LogP contribution is -1.75. The summed E-state index contributed by atoms with van der Waals surface area (Å²) >= 11 is 4.46. The Morgan fingerprint density at radius 1 is 1.57 bits per heavy atom. The van der Waals surface area contributed by atoms with Crippen LogP contribution in [0.2, 0.25) is 0 Å². The largest absolute Gasteiger partial charge is 0.328 e. The van der Waals surface area contributed by atoms with Crippen LogP contribution in [0.25, 0.3) is 0 Å². The summed E-state index contributed by atoms with van der Waals surface area (Å²) in [5, 5.41) is 6.04. The molecule has 7 heavy (non-hydrogen) atoms. The molecule has 0 aromatic rings. The van der Waals surface area contributed by atoms with E-state index < -0.39 is 11.3 Å². The highest BCUT2D eigenvalue weighted by Gasteiger charge is 2.00. The Balaban J connectivity index is 3.72. The maximum Gasteiger partial charge on any atom is 0.328 e. The number of hydrogen-bond acceptors (Lipinski definition) is 2. The van der Waals surface area contributed by atoms with Crippen molar-refractivity contribution in [3.8, 4) is 0 Å². The van der Waals surface area contributed by atoms with Crippen LogP contribution in [0.15, 0.2) is 11.3 Å². The predicted octanol–water partition coefficient (Wildman–Crippen LogP) is 1.78. The minimum absolute atomic E-state index is 1.29. The molecule has 2 nitrogen and oxygen atoms in total. The minimum Gasteiger partial charge on any atom is -0.322 e. The molecule has 0 radical (unpaired) electrons. The van der Waals surface area contributed by atoms with Crippen LogP contribution < -0.4 is 0 Å². The van der Waals surface area contributed by atoms with Gasteiger partial charge in [-0.2, -0.15) is 8.78 Å². The molecule has 0 heterocycles. The van der Waals surface area contributed by atoms with Gasteiger partial charge in [-0.15, -0.1) is 0 Å². The van der Waals surface area contributed by atoms with Crippen LogP contribution in [-0.2, 0) is 4.89 Å². The molecule has 0 aliphatic carbocycles. The molecule has 0 amide bonds. The van der Waals surface area contributed by atoms with Crippen LogP contribution in [0.4, 0.5) is 8.78 Å². The second kappa shape index (κ2) is 2.76. The van der Waals surface area contributed by atoms with E-state index in [1.165, 1.54) is 0 Å². The molecule has 0 bridgehead atoms. The average Bonchev–Trinajstić information content (AvgIpc) is 1.65. The molecule has 0 spiro atoms. The maximum atomic E-state index is 10.9. The van der Waals surface area contributed by atoms with Gasteiger partial charge in [-0.3, -0.25) is 0 Å². The molecule has 0 unspecified atom stereocenters. The van der Waals surface area contributed by atoms with Crippen LogP contribution in [0, 0.1) is 0 Å². The fraction of sp³-hybridized carbons (Fsp3) is 0. The second-order valence-electron chi connectivity index (χ2n) is 0.625. The Bertz CT molecular complexity index is 87.7. The van der Waals surface area contributed by atoms with Gasteiger partial charge in [-0.1, -0.05) is 0 Å². The molecule has 0 saturated heterocycles. The quantitative estimate of drug-likeness (QED) is 0.333. The molecule has 0 fully saturated rings. The van der Waals surface area contributed by atoms with E-state index in [1.807, 2.05) is 0 Å². The van der Waals surface area contributed by atoms with E-state index in [0.717, 1.165) is 0 Å².